The summed E-state index contributed by atoms with van der Waals surface area (Å²) < 4.78 is 6.78. The maximum atomic E-state index is 6.78. The van der Waals surface area contributed by atoms with E-state index in [9.17, 15) is 0 Å². The van der Waals surface area contributed by atoms with E-state index >= 15 is 0 Å². The van der Waals surface area contributed by atoms with E-state index < -0.39 is 0 Å². The molecule has 0 aromatic heterocycles. The van der Waals surface area contributed by atoms with Crippen molar-refractivity contribution in [2.24, 2.45) is 11.8 Å². The Morgan fingerprint density at radius 1 is 1.00 bits per heavy atom. The lowest BCUT2D eigenvalue weighted by atomic mass is 9.78. The van der Waals surface area contributed by atoms with E-state index in [0.29, 0.717) is 6.10 Å². The zero-order valence-electron chi connectivity index (χ0n) is 13.5. The van der Waals surface area contributed by atoms with Gasteiger partial charge in [0.2, 0.25) is 0 Å². The van der Waals surface area contributed by atoms with Gasteiger partial charge in [-0.15, -0.1) is 0 Å². The molecule has 20 heavy (non-hydrogen) atoms. The van der Waals surface area contributed by atoms with Crippen LogP contribution < -0.4 is 5.32 Å². The van der Waals surface area contributed by atoms with Crippen molar-refractivity contribution in [3.05, 3.63) is 0 Å². The molecule has 2 nitrogen and oxygen atoms in total. The van der Waals surface area contributed by atoms with E-state index in [1.54, 1.807) is 0 Å². The van der Waals surface area contributed by atoms with Gasteiger partial charge in [0.25, 0.3) is 0 Å². The van der Waals surface area contributed by atoms with Gasteiger partial charge in [-0.05, 0) is 50.4 Å². The first-order valence-corrected chi connectivity index (χ1v) is 9.06. The molecular weight excluding hydrogens is 246 g/mol. The highest BCUT2D eigenvalue weighted by atomic mass is 16.5. The molecule has 3 rings (SSSR count). The average Bonchev–Trinajstić information content (AvgIpc) is 3.20. The van der Waals surface area contributed by atoms with Crippen LogP contribution >= 0.6 is 0 Å². The van der Waals surface area contributed by atoms with Gasteiger partial charge in [-0.25, -0.2) is 0 Å². The lowest BCUT2D eigenvalue weighted by Crippen LogP contribution is -2.49. The molecule has 3 aliphatic carbocycles. The Hall–Kier alpha value is -0.0800. The summed E-state index contributed by atoms with van der Waals surface area (Å²) in [6, 6.07) is 0.804. The Balaban J connectivity index is 1.60. The van der Waals surface area contributed by atoms with Gasteiger partial charge >= 0.3 is 0 Å². The predicted octanol–water partition coefficient (Wildman–Crippen LogP) is 4.28. The smallest absolute Gasteiger partial charge is 0.0812 e. The quantitative estimate of drug-likeness (QED) is 0.811. The highest BCUT2D eigenvalue weighted by Gasteiger charge is 2.39. The molecule has 0 aromatic carbocycles. The highest BCUT2D eigenvalue weighted by Crippen LogP contribution is 2.39. The Labute approximate surface area is 125 Å². The van der Waals surface area contributed by atoms with Crippen LogP contribution in [0, 0.1) is 11.8 Å². The second-order valence-electron chi connectivity index (χ2n) is 8.05. The second-order valence-corrected chi connectivity index (χ2v) is 8.05. The standard InChI is InChI=1S/C18H33NO/c1-14-5-3-7-17(11-14)20-18(13-19-16-8-9-16)10-4-6-15(2)12-18/h14-17,19H,3-13H2,1-2H3. The summed E-state index contributed by atoms with van der Waals surface area (Å²) in [7, 11) is 0. The molecule has 4 atom stereocenters. The van der Waals surface area contributed by atoms with Crippen molar-refractivity contribution in [3.8, 4) is 0 Å². The Morgan fingerprint density at radius 3 is 2.50 bits per heavy atom. The predicted molar refractivity (Wildman–Crippen MR) is 83.9 cm³/mol. The van der Waals surface area contributed by atoms with Crippen molar-refractivity contribution in [2.75, 3.05) is 6.54 Å². The summed E-state index contributed by atoms with van der Waals surface area (Å²) >= 11 is 0. The molecule has 0 aromatic rings. The molecule has 3 saturated carbocycles. The van der Waals surface area contributed by atoms with Gasteiger partial charge in [0.05, 0.1) is 11.7 Å². The third-order valence-electron chi connectivity index (χ3n) is 5.64. The molecule has 0 spiro atoms. The number of hydrogen-bond acceptors (Lipinski definition) is 2. The van der Waals surface area contributed by atoms with Crippen LogP contribution in [0.15, 0.2) is 0 Å². The monoisotopic (exact) mass is 279 g/mol. The topological polar surface area (TPSA) is 21.3 Å². The molecule has 3 fully saturated rings. The van der Waals surface area contributed by atoms with E-state index in [1.165, 1.54) is 64.2 Å². The van der Waals surface area contributed by atoms with Gasteiger partial charge in [-0.2, -0.15) is 0 Å². The minimum Gasteiger partial charge on any atom is -0.370 e. The van der Waals surface area contributed by atoms with Gasteiger partial charge in [0.15, 0.2) is 0 Å². The Kier molecular flexibility index (Phi) is 4.72. The molecule has 0 aliphatic heterocycles. The summed E-state index contributed by atoms with van der Waals surface area (Å²) in [5, 5.41) is 3.76. The van der Waals surface area contributed by atoms with E-state index in [1.807, 2.05) is 0 Å². The minimum absolute atomic E-state index is 0.155. The fourth-order valence-corrected chi connectivity index (χ4v) is 4.38. The maximum Gasteiger partial charge on any atom is 0.0812 e. The van der Waals surface area contributed by atoms with E-state index in [0.717, 1.165) is 24.4 Å². The molecule has 2 heteroatoms. The van der Waals surface area contributed by atoms with Crippen molar-refractivity contribution >= 4 is 0 Å². The molecule has 3 aliphatic rings. The Bertz CT molecular complexity index is 315. The summed E-state index contributed by atoms with van der Waals surface area (Å²) in [5.41, 5.74) is 0.155. The zero-order valence-corrected chi connectivity index (χ0v) is 13.5. The fourth-order valence-electron chi connectivity index (χ4n) is 4.38. The second kappa shape index (κ2) is 6.36. The lowest BCUT2D eigenvalue weighted by molar-refractivity contribution is -0.134. The molecule has 0 bridgehead atoms. The first-order valence-electron chi connectivity index (χ1n) is 9.06. The first-order chi connectivity index (χ1) is 9.65. The maximum absolute atomic E-state index is 6.78. The molecule has 4 unspecified atom stereocenters. The van der Waals surface area contributed by atoms with Gasteiger partial charge in [-0.1, -0.05) is 39.5 Å². The molecule has 0 heterocycles. The number of rotatable bonds is 5. The van der Waals surface area contributed by atoms with Gasteiger partial charge in [0, 0.05) is 12.6 Å². The van der Waals surface area contributed by atoms with Crippen LogP contribution in [0.4, 0.5) is 0 Å². The van der Waals surface area contributed by atoms with Crippen LogP contribution in [0.25, 0.3) is 0 Å². The summed E-state index contributed by atoms with van der Waals surface area (Å²) in [4.78, 5) is 0. The summed E-state index contributed by atoms with van der Waals surface area (Å²) in [6.07, 6.45) is 14.0. The van der Waals surface area contributed by atoms with Crippen LogP contribution in [0.1, 0.15) is 78.1 Å². The Morgan fingerprint density at radius 2 is 1.80 bits per heavy atom. The molecule has 1 N–H and O–H groups in total. The molecular formula is C18H33NO. The number of nitrogens with one attached hydrogen (secondary N) is 1. The third-order valence-corrected chi connectivity index (χ3v) is 5.64. The van der Waals surface area contributed by atoms with Crippen molar-refractivity contribution in [3.63, 3.8) is 0 Å². The van der Waals surface area contributed by atoms with Crippen LogP contribution in [-0.2, 0) is 4.74 Å². The van der Waals surface area contributed by atoms with E-state index in [-0.39, 0.29) is 5.60 Å². The molecule has 0 amide bonds. The molecule has 0 radical (unpaired) electrons. The van der Waals surface area contributed by atoms with E-state index in [4.69, 9.17) is 4.74 Å². The zero-order chi connectivity index (χ0) is 14.0. The van der Waals surface area contributed by atoms with E-state index in [2.05, 4.69) is 19.2 Å². The first kappa shape index (κ1) is 14.8. The normalized spacial score (nSPS) is 42.6. The lowest BCUT2D eigenvalue weighted by Gasteiger charge is -2.44. The van der Waals surface area contributed by atoms with Crippen LogP contribution in [0.5, 0.6) is 0 Å². The van der Waals surface area contributed by atoms with Crippen LogP contribution in [-0.4, -0.2) is 24.3 Å². The largest absolute Gasteiger partial charge is 0.370 e. The number of ether oxygens (including phenoxy) is 1. The summed E-state index contributed by atoms with van der Waals surface area (Å²) in [5.74, 6) is 1.70. The average molecular weight is 279 g/mol. The van der Waals surface area contributed by atoms with Crippen LogP contribution in [0.3, 0.4) is 0 Å². The van der Waals surface area contributed by atoms with Crippen LogP contribution in [0.2, 0.25) is 0 Å². The molecule has 116 valence electrons. The highest BCUT2D eigenvalue weighted by molar-refractivity contribution is 4.93. The van der Waals surface area contributed by atoms with Gasteiger partial charge in [-0.3, -0.25) is 0 Å². The third kappa shape index (κ3) is 3.98. The number of hydrogen-bond donors (Lipinski definition) is 1. The van der Waals surface area contributed by atoms with Crippen molar-refractivity contribution < 1.29 is 4.74 Å². The fraction of sp³-hybridized carbons (Fsp3) is 1.00. The van der Waals surface area contributed by atoms with Crippen molar-refractivity contribution in [1.82, 2.24) is 5.32 Å². The molecule has 0 saturated heterocycles. The SMILES string of the molecule is CC1CCCC(OC2(CNC3CC3)CCCC(C)C2)C1. The summed E-state index contributed by atoms with van der Waals surface area (Å²) in [6.45, 7) is 5.92. The minimum atomic E-state index is 0.155. The van der Waals surface area contributed by atoms with Gasteiger partial charge < -0.3 is 10.1 Å². The van der Waals surface area contributed by atoms with Crippen molar-refractivity contribution in [2.45, 2.75) is 95.8 Å². The van der Waals surface area contributed by atoms with Crippen molar-refractivity contribution in [1.29, 1.82) is 0 Å². The van der Waals surface area contributed by atoms with Gasteiger partial charge in [0.1, 0.15) is 0 Å².